The van der Waals surface area contributed by atoms with Crippen LogP contribution in [0.5, 0.6) is 5.75 Å². The van der Waals surface area contributed by atoms with E-state index in [4.69, 9.17) is 0 Å². The topological polar surface area (TPSA) is 62.5 Å². The molecule has 0 radical (unpaired) electrons. The largest absolute Gasteiger partial charge is 0.508 e. The fourth-order valence-electron chi connectivity index (χ4n) is 5.55. The highest BCUT2D eigenvalue weighted by Crippen LogP contribution is 2.48. The third kappa shape index (κ3) is 2.15. The molecule has 1 heterocycles. The van der Waals surface area contributed by atoms with Gasteiger partial charge in [-0.2, -0.15) is 0 Å². The number of rotatable bonds is 2. The number of phenols is 1. The molecule has 2 aliphatic rings. The average molecular weight is 383 g/mol. The number of benzene rings is 3. The molecule has 4 nitrogen and oxygen atoms in total. The van der Waals surface area contributed by atoms with Crippen LogP contribution in [-0.2, 0) is 25.8 Å². The summed E-state index contributed by atoms with van der Waals surface area (Å²) < 4.78 is 2.23. The van der Waals surface area contributed by atoms with Crippen molar-refractivity contribution in [2.24, 2.45) is 0 Å². The molecule has 4 heteroatoms. The van der Waals surface area contributed by atoms with Gasteiger partial charge in [-0.1, -0.05) is 24.3 Å². The molecule has 0 fully saturated rings. The Kier molecular flexibility index (Phi) is 3.44. The Bertz CT molecular complexity index is 1350. The standard InChI is InChI=1S/C25H21NO3/c27-12-11-26-20-4-2-1-3-17(20)23-18-9-10-21(29)24(18)22-16-8-6-15(28)13-14(16)5-7-19(22)25(23)26/h1-4,6,8,13,27-28H,5,7,9-12H2. The maximum absolute atomic E-state index is 13.0. The summed E-state index contributed by atoms with van der Waals surface area (Å²) in [6.45, 7) is 0.606. The number of aromatic nitrogens is 1. The zero-order valence-corrected chi connectivity index (χ0v) is 16.0. The highest BCUT2D eigenvalue weighted by atomic mass is 16.3. The van der Waals surface area contributed by atoms with Crippen molar-refractivity contribution < 1.29 is 15.0 Å². The van der Waals surface area contributed by atoms with Crippen LogP contribution in [-0.4, -0.2) is 27.2 Å². The van der Waals surface area contributed by atoms with E-state index in [0.29, 0.717) is 13.0 Å². The number of Topliss-reactive ketones (excluding diaryl/α,β-unsaturated/α-hetero) is 1. The summed E-state index contributed by atoms with van der Waals surface area (Å²) in [7, 11) is 0. The summed E-state index contributed by atoms with van der Waals surface area (Å²) in [5.74, 6) is 0.490. The number of aliphatic hydroxyl groups excluding tert-OH is 1. The zero-order chi connectivity index (χ0) is 19.7. The van der Waals surface area contributed by atoms with Gasteiger partial charge in [0.2, 0.25) is 0 Å². The number of hydrogen-bond donors (Lipinski definition) is 2. The number of carbonyl (C=O) groups excluding carboxylic acids is 1. The highest BCUT2D eigenvalue weighted by molar-refractivity contribution is 6.20. The molecule has 0 atom stereocenters. The van der Waals surface area contributed by atoms with Crippen molar-refractivity contribution in [3.8, 4) is 16.9 Å². The number of fused-ring (bicyclic) bond motifs is 10. The molecule has 0 aliphatic heterocycles. The van der Waals surface area contributed by atoms with E-state index >= 15 is 0 Å². The third-order valence-corrected chi connectivity index (χ3v) is 6.62. The minimum atomic E-state index is 0.0724. The Hall–Kier alpha value is -3.11. The number of hydrogen-bond acceptors (Lipinski definition) is 3. The smallest absolute Gasteiger partial charge is 0.164 e. The average Bonchev–Trinajstić information content (AvgIpc) is 3.27. The van der Waals surface area contributed by atoms with Crippen molar-refractivity contribution in [1.29, 1.82) is 0 Å². The van der Waals surface area contributed by atoms with E-state index in [0.717, 1.165) is 52.6 Å². The van der Waals surface area contributed by atoms with Crippen molar-refractivity contribution >= 4 is 27.6 Å². The molecule has 4 aromatic rings. The normalized spacial score (nSPS) is 15.0. The van der Waals surface area contributed by atoms with E-state index in [1.807, 2.05) is 24.3 Å². The molecular formula is C25H21NO3. The summed E-state index contributed by atoms with van der Waals surface area (Å²) in [5, 5.41) is 22.1. The molecule has 3 aromatic carbocycles. The predicted octanol–water partition coefficient (Wildman–Crippen LogP) is 4.39. The maximum Gasteiger partial charge on any atom is 0.164 e. The first kappa shape index (κ1) is 16.8. The predicted molar refractivity (Wildman–Crippen MR) is 114 cm³/mol. The van der Waals surface area contributed by atoms with Crippen LogP contribution < -0.4 is 0 Å². The number of aromatic hydroxyl groups is 1. The van der Waals surface area contributed by atoms with Crippen molar-refractivity contribution in [3.05, 3.63) is 64.7 Å². The second-order valence-electron chi connectivity index (χ2n) is 8.09. The Labute approximate surface area is 168 Å². The van der Waals surface area contributed by atoms with Gasteiger partial charge in [0.25, 0.3) is 0 Å². The Morgan fingerprint density at radius 2 is 1.76 bits per heavy atom. The minimum absolute atomic E-state index is 0.0724. The van der Waals surface area contributed by atoms with E-state index in [1.165, 1.54) is 21.9 Å². The van der Waals surface area contributed by atoms with Crippen LogP contribution in [0.4, 0.5) is 0 Å². The summed E-state index contributed by atoms with van der Waals surface area (Å²) in [6.07, 6.45) is 2.97. The fraction of sp³-hybridized carbons (Fsp3) is 0.240. The third-order valence-electron chi connectivity index (χ3n) is 6.62. The first-order valence-corrected chi connectivity index (χ1v) is 10.2. The van der Waals surface area contributed by atoms with Gasteiger partial charge in [0, 0.05) is 34.8 Å². The van der Waals surface area contributed by atoms with Crippen LogP contribution in [0.3, 0.4) is 0 Å². The Morgan fingerprint density at radius 3 is 2.62 bits per heavy atom. The molecule has 6 rings (SSSR count). The molecule has 1 aromatic heterocycles. The van der Waals surface area contributed by atoms with E-state index in [2.05, 4.69) is 16.7 Å². The zero-order valence-electron chi connectivity index (χ0n) is 16.0. The van der Waals surface area contributed by atoms with Gasteiger partial charge in [-0.3, -0.25) is 4.79 Å². The van der Waals surface area contributed by atoms with Gasteiger partial charge < -0.3 is 14.8 Å². The quantitative estimate of drug-likeness (QED) is 0.540. The van der Waals surface area contributed by atoms with Gasteiger partial charge in [-0.05, 0) is 65.3 Å². The molecule has 0 amide bonds. The molecule has 0 saturated heterocycles. The minimum Gasteiger partial charge on any atom is -0.508 e. The van der Waals surface area contributed by atoms with Crippen LogP contribution in [0.15, 0.2) is 42.5 Å². The molecular weight excluding hydrogens is 362 g/mol. The lowest BCUT2D eigenvalue weighted by atomic mass is 9.80. The van der Waals surface area contributed by atoms with Gasteiger partial charge in [0.15, 0.2) is 5.78 Å². The van der Waals surface area contributed by atoms with Crippen molar-refractivity contribution in [2.45, 2.75) is 32.2 Å². The number of aryl methyl sites for hydroxylation is 3. The summed E-state index contributed by atoms with van der Waals surface area (Å²) >= 11 is 0. The monoisotopic (exact) mass is 383 g/mol. The van der Waals surface area contributed by atoms with Crippen LogP contribution in [0.2, 0.25) is 0 Å². The van der Waals surface area contributed by atoms with E-state index < -0.39 is 0 Å². The number of carbonyl (C=O) groups is 1. The van der Waals surface area contributed by atoms with Gasteiger partial charge in [0.1, 0.15) is 5.75 Å². The number of para-hydroxylation sites is 1. The van der Waals surface area contributed by atoms with E-state index in [1.54, 1.807) is 6.07 Å². The molecule has 0 unspecified atom stereocenters. The van der Waals surface area contributed by atoms with Gasteiger partial charge in [-0.15, -0.1) is 0 Å². The Balaban J connectivity index is 1.85. The number of ketones is 1. The second-order valence-corrected chi connectivity index (χ2v) is 8.09. The molecule has 0 bridgehead atoms. The van der Waals surface area contributed by atoms with E-state index in [-0.39, 0.29) is 18.1 Å². The van der Waals surface area contributed by atoms with Crippen molar-refractivity contribution in [2.75, 3.05) is 6.61 Å². The molecule has 2 aliphatic carbocycles. The van der Waals surface area contributed by atoms with Gasteiger partial charge >= 0.3 is 0 Å². The molecule has 29 heavy (non-hydrogen) atoms. The molecule has 2 N–H and O–H groups in total. The molecule has 144 valence electrons. The number of aliphatic hydroxyl groups is 1. The van der Waals surface area contributed by atoms with Crippen LogP contribution in [0, 0.1) is 0 Å². The SMILES string of the molecule is O=C1CCc2c1c1c(c3c2c2ccccc2n3CCO)CCc2cc(O)ccc2-1. The number of phenolic OH excluding ortho intramolecular Hbond substituents is 1. The summed E-state index contributed by atoms with van der Waals surface area (Å²) in [6, 6.07) is 13.8. The van der Waals surface area contributed by atoms with Crippen molar-refractivity contribution in [1.82, 2.24) is 4.57 Å². The Morgan fingerprint density at radius 1 is 0.931 bits per heavy atom. The fourth-order valence-corrected chi connectivity index (χ4v) is 5.55. The lowest BCUT2D eigenvalue weighted by Crippen LogP contribution is -2.12. The molecule has 0 spiro atoms. The van der Waals surface area contributed by atoms with Gasteiger partial charge in [0.05, 0.1) is 12.1 Å². The van der Waals surface area contributed by atoms with E-state index in [9.17, 15) is 15.0 Å². The summed E-state index contributed by atoms with van der Waals surface area (Å²) in [4.78, 5) is 13.0. The first-order chi connectivity index (χ1) is 14.2. The lowest BCUT2D eigenvalue weighted by molar-refractivity contribution is 0.0995. The molecule has 0 saturated carbocycles. The lowest BCUT2D eigenvalue weighted by Gasteiger charge is -2.25. The second kappa shape index (κ2) is 5.94. The maximum atomic E-state index is 13.0. The van der Waals surface area contributed by atoms with Crippen LogP contribution in [0.1, 0.15) is 33.5 Å². The summed E-state index contributed by atoms with van der Waals surface area (Å²) in [5.41, 5.74) is 8.74. The highest BCUT2D eigenvalue weighted by Gasteiger charge is 2.34. The van der Waals surface area contributed by atoms with Crippen LogP contribution >= 0.6 is 0 Å². The van der Waals surface area contributed by atoms with Crippen LogP contribution in [0.25, 0.3) is 32.9 Å². The number of nitrogens with zero attached hydrogens (tertiary/aromatic N) is 1. The van der Waals surface area contributed by atoms with Gasteiger partial charge in [-0.25, -0.2) is 0 Å². The van der Waals surface area contributed by atoms with Crippen molar-refractivity contribution in [3.63, 3.8) is 0 Å². The first-order valence-electron chi connectivity index (χ1n) is 10.2.